The summed E-state index contributed by atoms with van der Waals surface area (Å²) in [5.74, 6) is 0. The first kappa shape index (κ1) is 10.0. The standard InChI is InChI=1S/C10H21NO/c1-3-4-7-10-8-5-6-9-11(10)12-2/h10H,3-9H2,1-2H3. The Hall–Kier alpha value is -0.0800. The number of unbranched alkanes of at least 4 members (excludes halogenated alkanes) is 1. The largest absolute Gasteiger partial charge is 0.302 e. The van der Waals surface area contributed by atoms with Crippen molar-refractivity contribution >= 4 is 0 Å². The van der Waals surface area contributed by atoms with E-state index in [0.717, 1.165) is 6.54 Å². The first-order valence-corrected chi connectivity index (χ1v) is 5.19. The van der Waals surface area contributed by atoms with E-state index in [2.05, 4.69) is 12.0 Å². The summed E-state index contributed by atoms with van der Waals surface area (Å²) in [5, 5.41) is 2.17. The summed E-state index contributed by atoms with van der Waals surface area (Å²) in [6.45, 7) is 3.38. The zero-order chi connectivity index (χ0) is 8.81. The molecule has 0 spiro atoms. The molecule has 12 heavy (non-hydrogen) atoms. The van der Waals surface area contributed by atoms with Crippen molar-refractivity contribution in [3.8, 4) is 0 Å². The third-order valence-electron chi connectivity index (χ3n) is 2.70. The number of hydrogen-bond acceptors (Lipinski definition) is 2. The molecule has 2 nitrogen and oxygen atoms in total. The fraction of sp³-hybridized carbons (Fsp3) is 1.00. The van der Waals surface area contributed by atoms with Crippen LogP contribution in [0.1, 0.15) is 45.4 Å². The van der Waals surface area contributed by atoms with Crippen molar-refractivity contribution in [2.75, 3.05) is 13.7 Å². The highest BCUT2D eigenvalue weighted by Gasteiger charge is 2.21. The van der Waals surface area contributed by atoms with Crippen LogP contribution in [0.25, 0.3) is 0 Å². The van der Waals surface area contributed by atoms with E-state index in [1.54, 1.807) is 7.11 Å². The van der Waals surface area contributed by atoms with Crippen molar-refractivity contribution in [3.63, 3.8) is 0 Å². The average Bonchev–Trinajstić information content (AvgIpc) is 2.15. The van der Waals surface area contributed by atoms with Crippen molar-refractivity contribution in [1.29, 1.82) is 0 Å². The Kier molecular flexibility index (Phi) is 4.62. The van der Waals surface area contributed by atoms with E-state index in [1.165, 1.54) is 38.5 Å². The van der Waals surface area contributed by atoms with Crippen LogP contribution in [0.3, 0.4) is 0 Å². The monoisotopic (exact) mass is 171 g/mol. The molecule has 2 heteroatoms. The molecule has 0 N–H and O–H groups in total. The molecule has 0 bridgehead atoms. The van der Waals surface area contributed by atoms with Gasteiger partial charge in [0.2, 0.25) is 0 Å². The number of hydrogen-bond donors (Lipinski definition) is 0. The normalized spacial score (nSPS) is 26.0. The van der Waals surface area contributed by atoms with Crippen LogP contribution in [-0.4, -0.2) is 24.8 Å². The molecule has 0 radical (unpaired) electrons. The third-order valence-corrected chi connectivity index (χ3v) is 2.70. The molecular weight excluding hydrogens is 150 g/mol. The summed E-state index contributed by atoms with van der Waals surface area (Å²) in [4.78, 5) is 5.33. The van der Waals surface area contributed by atoms with Crippen molar-refractivity contribution in [2.45, 2.75) is 51.5 Å². The highest BCUT2D eigenvalue weighted by molar-refractivity contribution is 4.71. The van der Waals surface area contributed by atoms with Gasteiger partial charge in [-0.3, -0.25) is 0 Å². The molecule has 1 aliphatic rings. The van der Waals surface area contributed by atoms with E-state index in [-0.39, 0.29) is 0 Å². The lowest BCUT2D eigenvalue weighted by molar-refractivity contribution is -0.176. The number of rotatable bonds is 4. The quantitative estimate of drug-likeness (QED) is 0.644. The van der Waals surface area contributed by atoms with Gasteiger partial charge in [0.05, 0.1) is 7.11 Å². The summed E-state index contributed by atoms with van der Waals surface area (Å²) in [7, 11) is 1.80. The van der Waals surface area contributed by atoms with Gasteiger partial charge in [-0.2, -0.15) is 5.06 Å². The number of hydroxylamine groups is 2. The van der Waals surface area contributed by atoms with Crippen molar-refractivity contribution in [1.82, 2.24) is 5.06 Å². The predicted molar refractivity (Wildman–Crippen MR) is 50.9 cm³/mol. The maximum atomic E-state index is 5.33. The minimum Gasteiger partial charge on any atom is -0.302 e. The maximum absolute atomic E-state index is 5.33. The molecule has 72 valence electrons. The van der Waals surface area contributed by atoms with Crippen molar-refractivity contribution in [3.05, 3.63) is 0 Å². The lowest BCUT2D eigenvalue weighted by Crippen LogP contribution is -2.38. The van der Waals surface area contributed by atoms with Gasteiger partial charge in [-0.25, -0.2) is 0 Å². The average molecular weight is 171 g/mol. The van der Waals surface area contributed by atoms with Gasteiger partial charge < -0.3 is 4.84 Å². The van der Waals surface area contributed by atoms with E-state index in [4.69, 9.17) is 4.84 Å². The van der Waals surface area contributed by atoms with Crippen LogP contribution in [0.2, 0.25) is 0 Å². The molecule has 0 aromatic heterocycles. The Morgan fingerprint density at radius 2 is 2.25 bits per heavy atom. The van der Waals surface area contributed by atoms with Gasteiger partial charge in [-0.15, -0.1) is 0 Å². The van der Waals surface area contributed by atoms with E-state index >= 15 is 0 Å². The first-order chi connectivity index (χ1) is 5.88. The Morgan fingerprint density at radius 1 is 1.42 bits per heavy atom. The van der Waals surface area contributed by atoms with E-state index in [9.17, 15) is 0 Å². The Bertz CT molecular complexity index is 116. The zero-order valence-corrected chi connectivity index (χ0v) is 8.38. The molecule has 1 atom stereocenters. The Morgan fingerprint density at radius 3 is 2.92 bits per heavy atom. The second-order valence-corrected chi connectivity index (χ2v) is 3.62. The van der Waals surface area contributed by atoms with Gasteiger partial charge in [0.1, 0.15) is 0 Å². The van der Waals surface area contributed by atoms with Crippen LogP contribution in [-0.2, 0) is 4.84 Å². The lowest BCUT2D eigenvalue weighted by Gasteiger charge is -2.33. The van der Waals surface area contributed by atoms with E-state index in [0.29, 0.717) is 6.04 Å². The summed E-state index contributed by atoms with van der Waals surface area (Å²) in [6, 6.07) is 0.698. The molecule has 1 fully saturated rings. The summed E-state index contributed by atoms with van der Waals surface area (Å²) >= 11 is 0. The Balaban J connectivity index is 2.26. The van der Waals surface area contributed by atoms with Crippen LogP contribution in [0.5, 0.6) is 0 Å². The van der Waals surface area contributed by atoms with Crippen molar-refractivity contribution < 1.29 is 4.84 Å². The number of nitrogens with zero attached hydrogens (tertiary/aromatic N) is 1. The molecule has 1 unspecified atom stereocenters. The van der Waals surface area contributed by atoms with Gasteiger partial charge >= 0.3 is 0 Å². The lowest BCUT2D eigenvalue weighted by atomic mass is 9.99. The van der Waals surface area contributed by atoms with Crippen LogP contribution in [0.15, 0.2) is 0 Å². The zero-order valence-electron chi connectivity index (χ0n) is 8.38. The van der Waals surface area contributed by atoms with Gasteiger partial charge in [0.25, 0.3) is 0 Å². The molecular formula is C10H21NO. The maximum Gasteiger partial charge on any atom is 0.0575 e. The highest BCUT2D eigenvalue weighted by Crippen LogP contribution is 2.20. The summed E-state index contributed by atoms with van der Waals surface area (Å²) < 4.78 is 0. The first-order valence-electron chi connectivity index (χ1n) is 5.19. The molecule has 1 saturated heterocycles. The molecule has 1 heterocycles. The Labute approximate surface area is 75.8 Å². The smallest absolute Gasteiger partial charge is 0.0575 e. The van der Waals surface area contributed by atoms with Gasteiger partial charge in [-0.1, -0.05) is 26.2 Å². The van der Waals surface area contributed by atoms with Crippen LogP contribution in [0, 0.1) is 0 Å². The minimum absolute atomic E-state index is 0.698. The molecule has 0 aliphatic carbocycles. The second-order valence-electron chi connectivity index (χ2n) is 3.62. The van der Waals surface area contributed by atoms with Crippen LogP contribution >= 0.6 is 0 Å². The van der Waals surface area contributed by atoms with Gasteiger partial charge in [0.15, 0.2) is 0 Å². The van der Waals surface area contributed by atoms with Crippen molar-refractivity contribution in [2.24, 2.45) is 0 Å². The molecule has 1 aliphatic heterocycles. The summed E-state index contributed by atoms with van der Waals surface area (Å²) in [5.41, 5.74) is 0. The summed E-state index contributed by atoms with van der Waals surface area (Å²) in [6.07, 6.45) is 7.96. The molecule has 0 amide bonds. The fourth-order valence-corrected chi connectivity index (χ4v) is 1.94. The van der Waals surface area contributed by atoms with Gasteiger partial charge in [-0.05, 0) is 19.3 Å². The van der Waals surface area contributed by atoms with E-state index in [1.807, 2.05) is 0 Å². The second kappa shape index (κ2) is 5.55. The molecule has 1 rings (SSSR count). The fourth-order valence-electron chi connectivity index (χ4n) is 1.94. The molecule has 0 saturated carbocycles. The minimum atomic E-state index is 0.698. The molecule has 0 aromatic rings. The van der Waals surface area contributed by atoms with Crippen LogP contribution < -0.4 is 0 Å². The highest BCUT2D eigenvalue weighted by atomic mass is 16.7. The predicted octanol–water partition coefficient (Wildman–Crippen LogP) is 2.59. The van der Waals surface area contributed by atoms with Crippen LogP contribution in [0.4, 0.5) is 0 Å². The third kappa shape index (κ3) is 2.76. The molecule has 0 aromatic carbocycles. The number of piperidine rings is 1. The van der Waals surface area contributed by atoms with Gasteiger partial charge in [0, 0.05) is 12.6 Å². The van der Waals surface area contributed by atoms with E-state index < -0.39 is 0 Å². The topological polar surface area (TPSA) is 12.5 Å². The SMILES string of the molecule is CCCCC1CCCCN1OC.